The molecule has 1 aromatic carbocycles. The van der Waals surface area contributed by atoms with Gasteiger partial charge in [-0.1, -0.05) is 11.6 Å². The molecular weight excluding hydrogens is 241 g/mol. The summed E-state index contributed by atoms with van der Waals surface area (Å²) in [5, 5.41) is 3.75. The third kappa shape index (κ3) is 3.33. The van der Waals surface area contributed by atoms with E-state index in [9.17, 15) is 4.39 Å². The maximum Gasteiger partial charge on any atom is 0.146 e. The summed E-state index contributed by atoms with van der Waals surface area (Å²) in [6, 6.07) is 4.79. The molecule has 1 N–H and O–H groups in total. The van der Waals surface area contributed by atoms with Crippen molar-refractivity contribution >= 4 is 17.3 Å². The first-order chi connectivity index (χ1) is 7.96. The van der Waals surface area contributed by atoms with Crippen LogP contribution in [0.15, 0.2) is 18.2 Å². The van der Waals surface area contributed by atoms with Gasteiger partial charge < -0.3 is 10.1 Å². The zero-order valence-corrected chi connectivity index (χ0v) is 10.9. The molecule has 1 fully saturated rings. The van der Waals surface area contributed by atoms with Gasteiger partial charge in [-0.3, -0.25) is 0 Å². The summed E-state index contributed by atoms with van der Waals surface area (Å²) in [5.41, 5.74) is 0.325. The van der Waals surface area contributed by atoms with Crippen molar-refractivity contribution in [2.45, 2.75) is 38.3 Å². The zero-order valence-electron chi connectivity index (χ0n) is 10.1. The molecule has 1 aliphatic heterocycles. The van der Waals surface area contributed by atoms with Crippen LogP contribution in [0.25, 0.3) is 0 Å². The van der Waals surface area contributed by atoms with Crippen molar-refractivity contribution < 1.29 is 9.13 Å². The lowest BCUT2D eigenvalue weighted by Crippen LogP contribution is -2.40. The van der Waals surface area contributed by atoms with Gasteiger partial charge in [0.15, 0.2) is 0 Å². The summed E-state index contributed by atoms with van der Waals surface area (Å²) in [6.07, 6.45) is 1.74. The normalized spacial score (nSPS) is 23.4. The summed E-state index contributed by atoms with van der Waals surface area (Å²) in [6.45, 7) is 4.80. The standard InChI is InChI=1S/C13H17ClFNO/c1-13(2)8-10(5-6-17-13)16-12-7-9(14)3-4-11(12)15/h3-4,7,10,16H,5-6,8H2,1-2H3. The van der Waals surface area contributed by atoms with E-state index in [1.807, 2.05) is 0 Å². The average molecular weight is 258 g/mol. The summed E-state index contributed by atoms with van der Waals surface area (Å²) in [4.78, 5) is 0. The van der Waals surface area contributed by atoms with E-state index in [4.69, 9.17) is 16.3 Å². The van der Waals surface area contributed by atoms with E-state index in [0.29, 0.717) is 17.3 Å². The number of anilines is 1. The minimum absolute atomic E-state index is 0.148. The third-order valence-corrected chi connectivity index (χ3v) is 3.22. The van der Waals surface area contributed by atoms with Gasteiger partial charge in [-0.2, -0.15) is 0 Å². The van der Waals surface area contributed by atoms with Crippen LogP contribution in [0, 0.1) is 5.82 Å². The van der Waals surface area contributed by atoms with Crippen molar-refractivity contribution in [3.05, 3.63) is 29.0 Å². The number of halogens is 2. The minimum atomic E-state index is -0.265. The van der Waals surface area contributed by atoms with Crippen LogP contribution in [-0.2, 0) is 4.74 Å². The van der Waals surface area contributed by atoms with E-state index in [1.165, 1.54) is 6.07 Å². The summed E-state index contributed by atoms with van der Waals surface area (Å²) in [5.74, 6) is -0.265. The van der Waals surface area contributed by atoms with Crippen molar-refractivity contribution in [1.29, 1.82) is 0 Å². The van der Waals surface area contributed by atoms with E-state index in [2.05, 4.69) is 19.2 Å². The third-order valence-electron chi connectivity index (χ3n) is 2.99. The molecule has 2 rings (SSSR count). The fraction of sp³-hybridized carbons (Fsp3) is 0.538. The van der Waals surface area contributed by atoms with Gasteiger partial charge in [0.25, 0.3) is 0 Å². The van der Waals surface area contributed by atoms with E-state index < -0.39 is 0 Å². The van der Waals surface area contributed by atoms with Crippen LogP contribution in [0.5, 0.6) is 0 Å². The lowest BCUT2D eigenvalue weighted by Gasteiger charge is -2.36. The van der Waals surface area contributed by atoms with Crippen molar-refractivity contribution in [2.24, 2.45) is 0 Å². The monoisotopic (exact) mass is 257 g/mol. The van der Waals surface area contributed by atoms with Crippen LogP contribution < -0.4 is 5.32 Å². The number of ether oxygens (including phenoxy) is 1. The van der Waals surface area contributed by atoms with E-state index >= 15 is 0 Å². The van der Waals surface area contributed by atoms with Gasteiger partial charge in [-0.15, -0.1) is 0 Å². The van der Waals surface area contributed by atoms with Gasteiger partial charge in [0, 0.05) is 17.7 Å². The highest BCUT2D eigenvalue weighted by atomic mass is 35.5. The van der Waals surface area contributed by atoms with Gasteiger partial charge >= 0.3 is 0 Å². The second-order valence-corrected chi connectivity index (χ2v) is 5.50. The van der Waals surface area contributed by atoms with Crippen LogP contribution in [0.4, 0.5) is 10.1 Å². The average Bonchev–Trinajstić information content (AvgIpc) is 2.22. The molecule has 1 saturated heterocycles. The fourth-order valence-corrected chi connectivity index (χ4v) is 2.36. The molecule has 1 heterocycles. The smallest absolute Gasteiger partial charge is 0.146 e. The fourth-order valence-electron chi connectivity index (χ4n) is 2.18. The highest BCUT2D eigenvalue weighted by Gasteiger charge is 2.29. The molecule has 94 valence electrons. The zero-order chi connectivity index (χ0) is 12.5. The van der Waals surface area contributed by atoms with Crippen molar-refractivity contribution in [2.75, 3.05) is 11.9 Å². The molecule has 0 amide bonds. The Kier molecular flexibility index (Phi) is 3.59. The predicted molar refractivity (Wildman–Crippen MR) is 68.1 cm³/mol. The van der Waals surface area contributed by atoms with Crippen LogP contribution in [0.2, 0.25) is 5.02 Å². The van der Waals surface area contributed by atoms with Crippen molar-refractivity contribution in [3.8, 4) is 0 Å². The second-order valence-electron chi connectivity index (χ2n) is 5.07. The van der Waals surface area contributed by atoms with Crippen LogP contribution in [0.3, 0.4) is 0 Å². The molecule has 0 bridgehead atoms. The predicted octanol–water partition coefficient (Wildman–Crippen LogP) is 3.85. The van der Waals surface area contributed by atoms with Crippen molar-refractivity contribution in [3.63, 3.8) is 0 Å². The maximum absolute atomic E-state index is 13.6. The van der Waals surface area contributed by atoms with Gasteiger partial charge in [0.05, 0.1) is 11.3 Å². The Bertz CT molecular complexity index is 408. The van der Waals surface area contributed by atoms with Crippen LogP contribution in [-0.4, -0.2) is 18.2 Å². The molecule has 1 atom stereocenters. The molecule has 1 aliphatic rings. The number of hydrogen-bond donors (Lipinski definition) is 1. The van der Waals surface area contributed by atoms with E-state index in [1.54, 1.807) is 12.1 Å². The molecule has 0 spiro atoms. The quantitative estimate of drug-likeness (QED) is 0.869. The Labute approximate surface area is 106 Å². The molecule has 1 aromatic rings. The Morgan fingerprint density at radius 3 is 2.94 bits per heavy atom. The lowest BCUT2D eigenvalue weighted by molar-refractivity contribution is -0.0553. The molecule has 0 saturated carbocycles. The van der Waals surface area contributed by atoms with Gasteiger partial charge in [0.2, 0.25) is 0 Å². The van der Waals surface area contributed by atoms with Crippen molar-refractivity contribution in [1.82, 2.24) is 0 Å². The molecule has 2 nitrogen and oxygen atoms in total. The highest BCUT2D eigenvalue weighted by molar-refractivity contribution is 6.30. The second kappa shape index (κ2) is 4.83. The molecule has 0 aliphatic carbocycles. The van der Waals surface area contributed by atoms with E-state index in [0.717, 1.165) is 12.8 Å². The van der Waals surface area contributed by atoms with Gasteiger partial charge in [-0.25, -0.2) is 4.39 Å². The van der Waals surface area contributed by atoms with Crippen LogP contribution >= 0.6 is 11.6 Å². The number of benzene rings is 1. The number of rotatable bonds is 2. The Balaban J connectivity index is 2.07. The van der Waals surface area contributed by atoms with E-state index in [-0.39, 0.29) is 17.5 Å². The molecule has 0 radical (unpaired) electrons. The van der Waals surface area contributed by atoms with Crippen LogP contribution in [0.1, 0.15) is 26.7 Å². The highest BCUT2D eigenvalue weighted by Crippen LogP contribution is 2.28. The topological polar surface area (TPSA) is 21.3 Å². The Morgan fingerprint density at radius 2 is 2.24 bits per heavy atom. The largest absolute Gasteiger partial charge is 0.380 e. The van der Waals surface area contributed by atoms with Gasteiger partial charge in [-0.05, 0) is 44.9 Å². The first-order valence-electron chi connectivity index (χ1n) is 5.82. The molecule has 0 aromatic heterocycles. The maximum atomic E-state index is 13.6. The number of hydrogen-bond acceptors (Lipinski definition) is 2. The summed E-state index contributed by atoms with van der Waals surface area (Å²) >= 11 is 5.86. The first-order valence-corrected chi connectivity index (χ1v) is 6.20. The molecule has 4 heteroatoms. The molecule has 17 heavy (non-hydrogen) atoms. The Hall–Kier alpha value is -0.800. The molecular formula is C13H17ClFNO. The lowest BCUT2D eigenvalue weighted by atomic mass is 9.94. The number of nitrogens with one attached hydrogen (secondary N) is 1. The van der Waals surface area contributed by atoms with Gasteiger partial charge in [0.1, 0.15) is 5.82 Å². The SMILES string of the molecule is CC1(C)CC(Nc2cc(Cl)ccc2F)CCO1. The first kappa shape index (κ1) is 12.7. The molecule has 1 unspecified atom stereocenters. The Morgan fingerprint density at radius 1 is 1.47 bits per heavy atom. The summed E-state index contributed by atoms with van der Waals surface area (Å²) < 4.78 is 19.2. The summed E-state index contributed by atoms with van der Waals surface area (Å²) in [7, 11) is 0. The minimum Gasteiger partial charge on any atom is -0.380 e.